The Hall–Kier alpha value is -1.75. The Labute approximate surface area is 112 Å². The molecule has 92 valence electrons. The van der Waals surface area contributed by atoms with Crippen molar-refractivity contribution < 1.29 is 9.18 Å². The molecule has 0 spiro atoms. The SMILES string of the molecule is CN(C(=O)c1ncccc1Br)c1ccccc1F. The van der Waals surface area contributed by atoms with Crippen LogP contribution in [0.15, 0.2) is 47.1 Å². The minimum Gasteiger partial charge on any atom is -0.307 e. The molecule has 2 rings (SSSR count). The first kappa shape index (κ1) is 12.7. The van der Waals surface area contributed by atoms with E-state index in [2.05, 4.69) is 20.9 Å². The van der Waals surface area contributed by atoms with Crippen molar-refractivity contribution in [1.29, 1.82) is 0 Å². The molecule has 0 unspecified atom stereocenters. The van der Waals surface area contributed by atoms with E-state index in [-0.39, 0.29) is 17.3 Å². The molecule has 1 aromatic carbocycles. The van der Waals surface area contributed by atoms with Gasteiger partial charge in [-0.05, 0) is 40.2 Å². The van der Waals surface area contributed by atoms with Crippen molar-refractivity contribution in [3.63, 3.8) is 0 Å². The van der Waals surface area contributed by atoms with Crippen molar-refractivity contribution in [3.05, 3.63) is 58.6 Å². The molecular weight excluding hydrogens is 299 g/mol. The molecule has 1 aromatic heterocycles. The van der Waals surface area contributed by atoms with Crippen molar-refractivity contribution in [3.8, 4) is 0 Å². The summed E-state index contributed by atoms with van der Waals surface area (Å²) in [5.74, 6) is -0.812. The van der Waals surface area contributed by atoms with E-state index >= 15 is 0 Å². The summed E-state index contributed by atoms with van der Waals surface area (Å²) in [5.41, 5.74) is 0.475. The molecule has 3 nitrogen and oxygen atoms in total. The van der Waals surface area contributed by atoms with Crippen LogP contribution in [-0.4, -0.2) is 17.9 Å². The third kappa shape index (κ3) is 2.41. The third-order valence-electron chi connectivity index (χ3n) is 2.48. The summed E-state index contributed by atoms with van der Waals surface area (Å²) in [6.07, 6.45) is 1.52. The molecule has 1 heterocycles. The van der Waals surface area contributed by atoms with Gasteiger partial charge in [-0.15, -0.1) is 0 Å². The number of anilines is 1. The first-order valence-electron chi connectivity index (χ1n) is 5.24. The number of halogens is 2. The molecule has 0 radical (unpaired) electrons. The van der Waals surface area contributed by atoms with Crippen LogP contribution in [0.3, 0.4) is 0 Å². The zero-order chi connectivity index (χ0) is 13.1. The van der Waals surface area contributed by atoms with Crippen LogP contribution < -0.4 is 4.90 Å². The average molecular weight is 309 g/mol. The average Bonchev–Trinajstić information content (AvgIpc) is 2.38. The standard InChI is InChI=1S/C13H10BrFN2O/c1-17(11-7-3-2-6-10(11)15)13(18)12-9(14)5-4-8-16-12/h2-8H,1H3. The van der Waals surface area contributed by atoms with Crippen LogP contribution in [0.25, 0.3) is 0 Å². The van der Waals surface area contributed by atoms with Crippen LogP contribution in [0, 0.1) is 5.82 Å². The van der Waals surface area contributed by atoms with Gasteiger partial charge in [-0.1, -0.05) is 12.1 Å². The largest absolute Gasteiger partial charge is 0.307 e. The number of rotatable bonds is 2. The lowest BCUT2D eigenvalue weighted by molar-refractivity contribution is 0.0986. The lowest BCUT2D eigenvalue weighted by Crippen LogP contribution is -2.28. The van der Waals surface area contributed by atoms with Crippen LogP contribution in [-0.2, 0) is 0 Å². The van der Waals surface area contributed by atoms with Gasteiger partial charge in [0.15, 0.2) is 0 Å². The maximum atomic E-state index is 13.6. The van der Waals surface area contributed by atoms with Gasteiger partial charge in [0.1, 0.15) is 11.5 Å². The molecule has 1 amide bonds. The van der Waals surface area contributed by atoms with Crippen molar-refractivity contribution in [2.45, 2.75) is 0 Å². The topological polar surface area (TPSA) is 33.2 Å². The van der Waals surface area contributed by atoms with E-state index in [1.807, 2.05) is 0 Å². The molecule has 2 aromatic rings. The first-order chi connectivity index (χ1) is 8.61. The van der Waals surface area contributed by atoms with Gasteiger partial charge >= 0.3 is 0 Å². The Morgan fingerprint density at radius 3 is 2.67 bits per heavy atom. The van der Waals surface area contributed by atoms with Crippen molar-refractivity contribution >= 4 is 27.5 Å². The Kier molecular flexibility index (Phi) is 3.72. The summed E-state index contributed by atoms with van der Waals surface area (Å²) < 4.78 is 14.2. The number of hydrogen-bond donors (Lipinski definition) is 0. The third-order valence-corrected chi connectivity index (χ3v) is 3.12. The highest BCUT2D eigenvalue weighted by Crippen LogP contribution is 2.21. The molecule has 0 aliphatic rings. The van der Waals surface area contributed by atoms with E-state index < -0.39 is 5.82 Å². The second kappa shape index (κ2) is 5.27. The number of benzene rings is 1. The number of aromatic nitrogens is 1. The summed E-state index contributed by atoms with van der Waals surface area (Å²) in [4.78, 5) is 17.4. The van der Waals surface area contributed by atoms with Crippen molar-refractivity contribution in [1.82, 2.24) is 4.98 Å². The second-order valence-electron chi connectivity index (χ2n) is 3.65. The smallest absolute Gasteiger partial charge is 0.277 e. The zero-order valence-corrected chi connectivity index (χ0v) is 11.2. The summed E-state index contributed by atoms with van der Waals surface area (Å²) >= 11 is 3.25. The van der Waals surface area contributed by atoms with E-state index in [1.165, 1.54) is 24.2 Å². The highest BCUT2D eigenvalue weighted by molar-refractivity contribution is 9.10. The summed E-state index contributed by atoms with van der Waals surface area (Å²) in [5, 5.41) is 0. The van der Waals surface area contributed by atoms with Crippen molar-refractivity contribution in [2.75, 3.05) is 11.9 Å². The highest BCUT2D eigenvalue weighted by atomic mass is 79.9. The lowest BCUT2D eigenvalue weighted by atomic mass is 10.2. The van der Waals surface area contributed by atoms with E-state index in [0.29, 0.717) is 4.47 Å². The summed E-state index contributed by atoms with van der Waals surface area (Å²) in [7, 11) is 1.52. The predicted octanol–water partition coefficient (Wildman–Crippen LogP) is 3.26. The van der Waals surface area contributed by atoms with Gasteiger partial charge in [-0.25, -0.2) is 9.37 Å². The summed E-state index contributed by atoms with van der Waals surface area (Å²) in [6.45, 7) is 0. The lowest BCUT2D eigenvalue weighted by Gasteiger charge is -2.17. The fraction of sp³-hybridized carbons (Fsp3) is 0.0769. The molecule has 0 aliphatic heterocycles. The number of pyridine rings is 1. The second-order valence-corrected chi connectivity index (χ2v) is 4.50. The van der Waals surface area contributed by atoms with Crippen molar-refractivity contribution in [2.24, 2.45) is 0 Å². The fourth-order valence-corrected chi connectivity index (χ4v) is 1.96. The van der Waals surface area contributed by atoms with Gasteiger partial charge in [0, 0.05) is 17.7 Å². The molecule has 5 heteroatoms. The molecule has 0 aliphatic carbocycles. The maximum absolute atomic E-state index is 13.6. The first-order valence-corrected chi connectivity index (χ1v) is 6.03. The van der Waals surface area contributed by atoms with Crippen LogP contribution in [0.2, 0.25) is 0 Å². The number of hydrogen-bond acceptors (Lipinski definition) is 2. The van der Waals surface area contributed by atoms with Gasteiger partial charge in [-0.3, -0.25) is 4.79 Å². The number of carbonyl (C=O) groups excluding carboxylic acids is 1. The Balaban J connectivity index is 2.36. The molecular formula is C13H10BrFN2O. The van der Waals surface area contributed by atoms with Crippen LogP contribution in [0.1, 0.15) is 10.5 Å². The number of amides is 1. The molecule has 18 heavy (non-hydrogen) atoms. The predicted molar refractivity (Wildman–Crippen MR) is 71.1 cm³/mol. The van der Waals surface area contributed by atoms with E-state index in [1.54, 1.807) is 30.3 Å². The maximum Gasteiger partial charge on any atom is 0.277 e. The van der Waals surface area contributed by atoms with Crippen LogP contribution in [0.4, 0.5) is 10.1 Å². The summed E-state index contributed by atoms with van der Waals surface area (Å²) in [6, 6.07) is 9.54. The number of nitrogens with zero attached hydrogens (tertiary/aromatic N) is 2. The monoisotopic (exact) mass is 308 g/mol. The number of para-hydroxylation sites is 1. The molecule has 0 bridgehead atoms. The van der Waals surface area contributed by atoms with Crippen LogP contribution in [0.5, 0.6) is 0 Å². The van der Waals surface area contributed by atoms with Gasteiger partial charge in [-0.2, -0.15) is 0 Å². The van der Waals surface area contributed by atoms with Gasteiger partial charge < -0.3 is 4.90 Å². The van der Waals surface area contributed by atoms with Gasteiger partial charge in [0.05, 0.1) is 5.69 Å². The Morgan fingerprint density at radius 1 is 1.28 bits per heavy atom. The molecule has 0 N–H and O–H groups in total. The van der Waals surface area contributed by atoms with Gasteiger partial charge in [0.25, 0.3) is 5.91 Å². The quantitative estimate of drug-likeness (QED) is 0.853. The molecule has 0 saturated heterocycles. The minimum atomic E-state index is -0.444. The zero-order valence-electron chi connectivity index (χ0n) is 9.60. The minimum absolute atomic E-state index is 0.222. The Morgan fingerprint density at radius 2 is 2.00 bits per heavy atom. The highest BCUT2D eigenvalue weighted by Gasteiger charge is 2.19. The van der Waals surface area contributed by atoms with E-state index in [0.717, 1.165) is 0 Å². The molecule has 0 saturated carbocycles. The normalized spacial score (nSPS) is 10.2. The molecule has 0 atom stereocenters. The Bertz CT molecular complexity index is 589. The van der Waals surface area contributed by atoms with E-state index in [4.69, 9.17) is 0 Å². The van der Waals surface area contributed by atoms with Crippen LogP contribution >= 0.6 is 15.9 Å². The molecule has 0 fully saturated rings. The van der Waals surface area contributed by atoms with Gasteiger partial charge in [0.2, 0.25) is 0 Å². The number of carbonyl (C=O) groups is 1. The fourth-order valence-electron chi connectivity index (χ4n) is 1.54. The van der Waals surface area contributed by atoms with E-state index in [9.17, 15) is 9.18 Å².